The lowest BCUT2D eigenvalue weighted by molar-refractivity contribution is 0.260. The van der Waals surface area contributed by atoms with Crippen LogP contribution in [0.3, 0.4) is 0 Å². The normalized spacial score (nSPS) is 17.6. The Morgan fingerprint density at radius 1 is 1.32 bits per heavy atom. The van der Waals surface area contributed by atoms with Crippen molar-refractivity contribution in [2.24, 2.45) is 0 Å². The third-order valence-corrected chi connectivity index (χ3v) is 4.60. The molecule has 0 bridgehead atoms. The van der Waals surface area contributed by atoms with Crippen molar-refractivity contribution in [3.8, 4) is 27.8 Å². The largest absolute Gasteiger partial charge is 0.507 e. The van der Waals surface area contributed by atoms with Crippen LogP contribution in [0.25, 0.3) is 11.3 Å². The molecule has 130 valence electrons. The summed E-state index contributed by atoms with van der Waals surface area (Å²) >= 11 is 3.06. The van der Waals surface area contributed by atoms with Crippen molar-refractivity contribution in [2.45, 2.75) is 25.8 Å². The van der Waals surface area contributed by atoms with Gasteiger partial charge in [-0.3, -0.25) is 0 Å². The van der Waals surface area contributed by atoms with E-state index in [1.54, 1.807) is 6.07 Å². The van der Waals surface area contributed by atoms with Gasteiger partial charge < -0.3 is 15.3 Å². The molecule has 1 atom stereocenters. The van der Waals surface area contributed by atoms with Gasteiger partial charge >= 0.3 is 0 Å². The Bertz CT molecular complexity index is 828. The predicted octanol–water partition coefficient (Wildman–Crippen LogP) is 3.37. The number of hydrogen-bond donors (Lipinski definition) is 2. The number of nitrogens with one attached hydrogen (secondary N) is 1. The number of hydrogen-bond acceptors (Lipinski definition) is 5. The summed E-state index contributed by atoms with van der Waals surface area (Å²) < 4.78 is 0. The molecule has 0 amide bonds. The second-order valence-corrected chi connectivity index (χ2v) is 6.85. The maximum Gasteiger partial charge on any atom is 0.149 e. The van der Waals surface area contributed by atoms with Crippen LogP contribution in [0.1, 0.15) is 24.0 Å². The molecular weight excluding hydrogens is 380 g/mol. The first-order valence-electron chi connectivity index (χ1n) is 8.31. The lowest BCUT2D eigenvalue weighted by atomic mass is 10.0. The number of likely N-dealkylation sites (N-methyl/N-ethyl adjacent to an activating group) is 1. The summed E-state index contributed by atoms with van der Waals surface area (Å²) in [4.78, 5) is 4.97. The molecule has 25 heavy (non-hydrogen) atoms. The topological polar surface area (TPSA) is 61.3 Å². The van der Waals surface area contributed by atoms with E-state index in [-0.39, 0.29) is 5.75 Å². The standard InChI is InChI=1S/C19H21BrN4O/c1-13-10-18(21-15-4-3-9-24(2)12-15)22-23-19(13)16-6-5-14(7-8-20)11-17(16)25/h5-6,10-11,15,25H,3-4,9,12H2,1-2H3,(H,21,22)/t15-/m1/s1. The Morgan fingerprint density at radius 3 is 2.84 bits per heavy atom. The van der Waals surface area contributed by atoms with Crippen molar-refractivity contribution in [3.63, 3.8) is 0 Å². The maximum atomic E-state index is 10.3. The fourth-order valence-electron chi connectivity index (χ4n) is 3.18. The number of aromatic hydroxyl groups is 1. The van der Waals surface area contributed by atoms with Gasteiger partial charge in [0.1, 0.15) is 11.6 Å². The SMILES string of the molecule is Cc1cc(N[C@@H]2CCCN(C)C2)nnc1-c1ccc(C#CBr)cc1O. The van der Waals surface area contributed by atoms with Crippen molar-refractivity contribution in [1.29, 1.82) is 0 Å². The van der Waals surface area contributed by atoms with Crippen molar-refractivity contribution in [3.05, 3.63) is 35.4 Å². The average molecular weight is 401 g/mol. The van der Waals surface area contributed by atoms with E-state index in [2.05, 4.69) is 54.1 Å². The molecule has 2 aromatic rings. The van der Waals surface area contributed by atoms with Crippen LogP contribution in [0.15, 0.2) is 24.3 Å². The molecule has 1 saturated heterocycles. The van der Waals surface area contributed by atoms with Crippen LogP contribution in [0.2, 0.25) is 0 Å². The minimum Gasteiger partial charge on any atom is -0.507 e. The Kier molecular flexibility index (Phi) is 5.57. The summed E-state index contributed by atoms with van der Waals surface area (Å²) in [5, 5.41) is 22.4. The Balaban J connectivity index is 1.81. The van der Waals surface area contributed by atoms with Gasteiger partial charge in [0.25, 0.3) is 0 Å². The molecule has 5 nitrogen and oxygen atoms in total. The van der Waals surface area contributed by atoms with Crippen LogP contribution in [0.5, 0.6) is 5.75 Å². The van der Waals surface area contributed by atoms with E-state index < -0.39 is 0 Å². The molecule has 0 unspecified atom stereocenters. The van der Waals surface area contributed by atoms with E-state index in [0.717, 1.165) is 36.5 Å². The first-order valence-corrected chi connectivity index (χ1v) is 9.10. The third kappa shape index (κ3) is 4.30. The highest BCUT2D eigenvalue weighted by molar-refractivity contribution is 9.12. The predicted molar refractivity (Wildman–Crippen MR) is 104 cm³/mol. The Morgan fingerprint density at radius 2 is 2.16 bits per heavy atom. The van der Waals surface area contributed by atoms with E-state index in [1.807, 2.05) is 25.1 Å². The Labute approximate surface area is 156 Å². The number of aromatic nitrogens is 2. The van der Waals surface area contributed by atoms with E-state index in [4.69, 9.17) is 0 Å². The second kappa shape index (κ2) is 7.85. The fourth-order valence-corrected chi connectivity index (χ4v) is 3.41. The quantitative estimate of drug-likeness (QED) is 0.773. The lowest BCUT2D eigenvalue weighted by Gasteiger charge is -2.30. The lowest BCUT2D eigenvalue weighted by Crippen LogP contribution is -2.39. The van der Waals surface area contributed by atoms with Crippen molar-refractivity contribution in [2.75, 3.05) is 25.5 Å². The van der Waals surface area contributed by atoms with Crippen LogP contribution in [0, 0.1) is 17.7 Å². The zero-order valence-corrected chi connectivity index (χ0v) is 16.0. The summed E-state index contributed by atoms with van der Waals surface area (Å²) in [7, 11) is 2.14. The van der Waals surface area contributed by atoms with Gasteiger partial charge in [0.2, 0.25) is 0 Å². The molecule has 1 aliphatic rings. The van der Waals surface area contributed by atoms with Crippen molar-refractivity contribution >= 4 is 21.7 Å². The molecule has 1 aromatic heterocycles. The highest BCUT2D eigenvalue weighted by atomic mass is 79.9. The highest BCUT2D eigenvalue weighted by Crippen LogP contribution is 2.31. The molecule has 0 spiro atoms. The van der Waals surface area contributed by atoms with E-state index >= 15 is 0 Å². The van der Waals surface area contributed by atoms with E-state index in [1.165, 1.54) is 6.42 Å². The van der Waals surface area contributed by atoms with Gasteiger partial charge in [-0.15, -0.1) is 10.2 Å². The fraction of sp³-hybridized carbons (Fsp3) is 0.368. The number of anilines is 1. The van der Waals surface area contributed by atoms with E-state index in [0.29, 0.717) is 17.3 Å². The number of aryl methyl sites for hydroxylation is 1. The second-order valence-electron chi connectivity index (χ2n) is 6.46. The van der Waals surface area contributed by atoms with Crippen LogP contribution in [-0.2, 0) is 0 Å². The zero-order valence-electron chi connectivity index (χ0n) is 14.4. The molecule has 6 heteroatoms. The van der Waals surface area contributed by atoms with Gasteiger partial charge in [-0.2, -0.15) is 0 Å². The average Bonchev–Trinajstić information content (AvgIpc) is 2.56. The molecule has 3 rings (SSSR count). The smallest absolute Gasteiger partial charge is 0.149 e. The first-order chi connectivity index (χ1) is 12.1. The number of piperidine rings is 1. The van der Waals surface area contributed by atoms with E-state index in [9.17, 15) is 5.11 Å². The van der Waals surface area contributed by atoms with Crippen LogP contribution in [0.4, 0.5) is 5.82 Å². The van der Waals surface area contributed by atoms with Crippen molar-refractivity contribution < 1.29 is 5.11 Å². The van der Waals surface area contributed by atoms with Crippen molar-refractivity contribution in [1.82, 2.24) is 15.1 Å². The minimum absolute atomic E-state index is 0.153. The molecule has 0 aliphatic carbocycles. The van der Waals surface area contributed by atoms with Gasteiger partial charge in [-0.1, -0.05) is 5.92 Å². The van der Waals surface area contributed by atoms with Crippen LogP contribution in [-0.4, -0.2) is 46.4 Å². The number of phenols is 1. The molecule has 1 aromatic carbocycles. The molecule has 1 aliphatic heterocycles. The van der Waals surface area contributed by atoms with Gasteiger partial charge in [0.05, 0.1) is 5.69 Å². The summed E-state index contributed by atoms with van der Waals surface area (Å²) in [5.41, 5.74) is 3.05. The molecule has 0 radical (unpaired) electrons. The van der Waals surface area contributed by atoms with Gasteiger partial charge in [-0.05, 0) is 68.0 Å². The molecule has 0 saturated carbocycles. The monoisotopic (exact) mass is 400 g/mol. The molecule has 2 heterocycles. The maximum absolute atomic E-state index is 10.3. The third-order valence-electron chi connectivity index (χ3n) is 4.41. The summed E-state index contributed by atoms with van der Waals surface area (Å²) in [6.07, 6.45) is 2.33. The first kappa shape index (κ1) is 17.7. The van der Waals surface area contributed by atoms with Crippen LogP contribution >= 0.6 is 15.9 Å². The van der Waals surface area contributed by atoms with Crippen LogP contribution < -0.4 is 5.32 Å². The number of phenolic OH excluding ortho intramolecular Hbond substituents is 1. The van der Waals surface area contributed by atoms with Gasteiger partial charge in [0.15, 0.2) is 0 Å². The number of rotatable bonds is 3. The Hall–Kier alpha value is -2.10. The van der Waals surface area contributed by atoms with Gasteiger partial charge in [0, 0.05) is 39.6 Å². The highest BCUT2D eigenvalue weighted by Gasteiger charge is 2.18. The van der Waals surface area contributed by atoms with Gasteiger partial charge in [-0.25, -0.2) is 0 Å². The minimum atomic E-state index is 0.153. The number of halogens is 1. The number of likely N-dealkylation sites (tertiary alicyclic amines) is 1. The summed E-state index contributed by atoms with van der Waals surface area (Å²) in [5.74, 6) is 3.79. The number of nitrogens with zero attached hydrogens (tertiary/aromatic N) is 3. The molecular formula is C19H21BrN4O. The molecule has 2 N–H and O–H groups in total. The zero-order chi connectivity index (χ0) is 17.8. The summed E-state index contributed by atoms with van der Waals surface area (Å²) in [6.45, 7) is 4.14. The molecule has 1 fully saturated rings. The summed E-state index contributed by atoms with van der Waals surface area (Å²) in [6, 6.07) is 7.70. The number of benzene rings is 1.